The van der Waals surface area contributed by atoms with E-state index in [0.717, 1.165) is 35.7 Å². The van der Waals surface area contributed by atoms with Crippen molar-refractivity contribution in [1.82, 2.24) is 19.5 Å². The van der Waals surface area contributed by atoms with Gasteiger partial charge in [0.25, 0.3) is 5.56 Å². The number of nitrogens with zero attached hydrogens (tertiary/aromatic N) is 4. The quantitative estimate of drug-likeness (QED) is 0.621. The minimum absolute atomic E-state index is 0.0671. The number of hydrogen-bond acceptors (Lipinski definition) is 7. The maximum Gasteiger partial charge on any atom is 0.255 e. The molecule has 7 nitrogen and oxygen atoms in total. The van der Waals surface area contributed by atoms with Gasteiger partial charge in [0.2, 0.25) is 5.95 Å². The van der Waals surface area contributed by atoms with Gasteiger partial charge in [-0.3, -0.25) is 9.36 Å². The van der Waals surface area contributed by atoms with Crippen molar-refractivity contribution in [2.24, 2.45) is 0 Å². The van der Waals surface area contributed by atoms with Crippen LogP contribution in [0.2, 0.25) is 0 Å². The lowest BCUT2D eigenvalue weighted by Crippen LogP contribution is -2.22. The molecule has 28 heavy (non-hydrogen) atoms. The third kappa shape index (κ3) is 4.33. The maximum atomic E-state index is 11.9. The Morgan fingerprint density at radius 1 is 1.00 bits per heavy atom. The third-order valence-corrected chi connectivity index (χ3v) is 5.51. The highest BCUT2D eigenvalue weighted by atomic mass is 32.2. The first-order chi connectivity index (χ1) is 13.7. The minimum atomic E-state index is -0.0671. The zero-order valence-electron chi connectivity index (χ0n) is 15.6. The van der Waals surface area contributed by atoms with Crippen LogP contribution in [-0.2, 0) is 0 Å². The highest BCUT2D eigenvalue weighted by molar-refractivity contribution is 7.98. The molecule has 0 saturated heterocycles. The molecule has 2 atom stereocenters. The largest absolute Gasteiger partial charge is 0.367 e. The number of pyridine rings is 2. The van der Waals surface area contributed by atoms with Gasteiger partial charge < -0.3 is 10.6 Å². The van der Waals surface area contributed by atoms with Gasteiger partial charge in [-0.25, -0.2) is 15.0 Å². The highest BCUT2D eigenvalue weighted by Crippen LogP contribution is 2.25. The highest BCUT2D eigenvalue weighted by Gasteiger charge is 2.25. The Hall–Kier alpha value is -2.87. The third-order valence-electron chi connectivity index (χ3n) is 4.83. The predicted molar refractivity (Wildman–Crippen MR) is 112 cm³/mol. The van der Waals surface area contributed by atoms with Crippen molar-refractivity contribution < 1.29 is 0 Å². The molecule has 0 radical (unpaired) electrons. The summed E-state index contributed by atoms with van der Waals surface area (Å²) in [5.41, 5.74) is 0.690. The van der Waals surface area contributed by atoms with Crippen molar-refractivity contribution in [3.63, 3.8) is 0 Å². The summed E-state index contributed by atoms with van der Waals surface area (Å²) in [7, 11) is 0. The topological polar surface area (TPSA) is 84.7 Å². The van der Waals surface area contributed by atoms with Crippen LogP contribution in [0.1, 0.15) is 19.3 Å². The van der Waals surface area contributed by atoms with Crippen molar-refractivity contribution in [2.75, 3.05) is 16.9 Å². The van der Waals surface area contributed by atoms with E-state index in [0.29, 0.717) is 18.0 Å². The second-order valence-corrected chi connectivity index (χ2v) is 7.63. The number of nitrogens with one attached hydrogen (secondary N) is 2. The van der Waals surface area contributed by atoms with Gasteiger partial charge in [0.15, 0.2) is 0 Å². The molecule has 0 amide bonds. The molecule has 2 N–H and O–H groups in total. The number of aromatic nitrogens is 4. The van der Waals surface area contributed by atoms with Crippen LogP contribution in [-0.4, -0.2) is 37.9 Å². The molecule has 0 spiro atoms. The lowest BCUT2D eigenvalue weighted by Gasteiger charge is -2.15. The summed E-state index contributed by atoms with van der Waals surface area (Å²) in [4.78, 5) is 26.2. The summed E-state index contributed by atoms with van der Waals surface area (Å²) in [6.45, 7) is 0. The van der Waals surface area contributed by atoms with Crippen LogP contribution in [0.5, 0.6) is 0 Å². The normalized spacial score (nSPS) is 18.8. The number of rotatable bonds is 6. The molecule has 1 aliphatic carbocycles. The summed E-state index contributed by atoms with van der Waals surface area (Å²) in [5, 5.41) is 6.90. The van der Waals surface area contributed by atoms with Crippen LogP contribution >= 0.6 is 11.8 Å². The molecule has 0 bridgehead atoms. The van der Waals surface area contributed by atoms with Crippen molar-refractivity contribution in [2.45, 2.75) is 36.2 Å². The van der Waals surface area contributed by atoms with Gasteiger partial charge in [-0.2, -0.15) is 0 Å². The fraction of sp³-hybridized carbons (Fsp3) is 0.300. The summed E-state index contributed by atoms with van der Waals surface area (Å²) in [6.07, 6.45) is 12.3. The Balaban J connectivity index is 1.34. The smallest absolute Gasteiger partial charge is 0.255 e. The van der Waals surface area contributed by atoms with E-state index >= 15 is 0 Å². The van der Waals surface area contributed by atoms with Gasteiger partial charge in [-0.05, 0) is 43.7 Å². The summed E-state index contributed by atoms with van der Waals surface area (Å²) >= 11 is 1.63. The zero-order chi connectivity index (χ0) is 19.3. The Labute approximate surface area is 167 Å². The van der Waals surface area contributed by atoms with Crippen LogP contribution < -0.4 is 16.2 Å². The average molecular weight is 395 g/mol. The van der Waals surface area contributed by atoms with Crippen LogP contribution in [0.15, 0.2) is 64.8 Å². The molecule has 0 unspecified atom stereocenters. The van der Waals surface area contributed by atoms with Gasteiger partial charge in [0.1, 0.15) is 5.82 Å². The van der Waals surface area contributed by atoms with Crippen molar-refractivity contribution >= 4 is 23.5 Å². The van der Waals surface area contributed by atoms with E-state index in [1.807, 2.05) is 36.8 Å². The van der Waals surface area contributed by atoms with E-state index < -0.39 is 0 Å². The molecule has 0 aliphatic heterocycles. The van der Waals surface area contributed by atoms with Crippen LogP contribution in [0, 0.1) is 0 Å². The van der Waals surface area contributed by atoms with Gasteiger partial charge in [0.05, 0.1) is 11.9 Å². The Kier molecular flexibility index (Phi) is 5.57. The first-order valence-electron chi connectivity index (χ1n) is 9.24. The van der Waals surface area contributed by atoms with Crippen LogP contribution in [0.4, 0.5) is 11.8 Å². The molecule has 1 saturated carbocycles. The summed E-state index contributed by atoms with van der Waals surface area (Å²) < 4.78 is 1.58. The van der Waals surface area contributed by atoms with Crippen molar-refractivity contribution in [1.29, 1.82) is 0 Å². The summed E-state index contributed by atoms with van der Waals surface area (Å²) in [5.74, 6) is 1.50. The number of anilines is 2. The van der Waals surface area contributed by atoms with Crippen molar-refractivity contribution in [3.8, 4) is 5.69 Å². The van der Waals surface area contributed by atoms with E-state index in [4.69, 9.17) is 0 Å². The van der Waals surface area contributed by atoms with E-state index in [-0.39, 0.29) is 5.56 Å². The lowest BCUT2D eigenvalue weighted by molar-refractivity contribution is 0.716. The van der Waals surface area contributed by atoms with Crippen LogP contribution in [0.3, 0.4) is 0 Å². The number of thioether (sulfide) groups is 1. The molecule has 0 aromatic carbocycles. The molecule has 1 fully saturated rings. The Morgan fingerprint density at radius 2 is 1.79 bits per heavy atom. The fourth-order valence-corrected chi connectivity index (χ4v) is 3.70. The van der Waals surface area contributed by atoms with Gasteiger partial charge in [-0.1, -0.05) is 6.07 Å². The standard InChI is InChI=1S/C20H22N6OS/c1-28-17-12-22-20(23-13-17)25-15-6-5-14(10-15)24-18-8-7-16(11-21-18)26-9-3-2-4-19(26)27/h2-4,7-9,11-15H,5-6,10H2,1H3,(H,21,24)(H,22,23,25)/t14-,15-/m0/s1. The molecule has 1 aliphatic rings. The first kappa shape index (κ1) is 18.5. The molecule has 3 aromatic rings. The molecular weight excluding hydrogens is 372 g/mol. The zero-order valence-corrected chi connectivity index (χ0v) is 16.4. The summed E-state index contributed by atoms with van der Waals surface area (Å²) in [6, 6.07) is 9.62. The van der Waals surface area contributed by atoms with E-state index in [9.17, 15) is 4.79 Å². The van der Waals surface area contributed by atoms with Crippen molar-refractivity contribution in [3.05, 3.63) is 65.5 Å². The van der Waals surface area contributed by atoms with Crippen LogP contribution in [0.25, 0.3) is 5.69 Å². The SMILES string of the molecule is CSc1cnc(N[C@H]2CC[C@H](Nc3ccc(-n4ccccc4=O)cn3)C2)nc1. The van der Waals surface area contributed by atoms with Gasteiger partial charge in [0, 0.05) is 41.6 Å². The number of hydrogen-bond donors (Lipinski definition) is 2. The fourth-order valence-electron chi connectivity index (χ4n) is 3.39. The van der Waals surface area contributed by atoms with Gasteiger partial charge >= 0.3 is 0 Å². The monoisotopic (exact) mass is 394 g/mol. The average Bonchev–Trinajstić information content (AvgIpc) is 3.16. The molecule has 8 heteroatoms. The van der Waals surface area contributed by atoms with Gasteiger partial charge in [-0.15, -0.1) is 11.8 Å². The predicted octanol–water partition coefficient (Wildman–Crippen LogP) is 3.19. The maximum absolute atomic E-state index is 11.9. The van der Waals surface area contributed by atoms with E-state index in [2.05, 4.69) is 25.6 Å². The molecule has 3 heterocycles. The lowest BCUT2D eigenvalue weighted by atomic mass is 10.2. The molecule has 4 rings (SSSR count). The molecule has 144 valence electrons. The second-order valence-electron chi connectivity index (χ2n) is 6.75. The Morgan fingerprint density at radius 3 is 2.46 bits per heavy atom. The second kappa shape index (κ2) is 8.43. The van der Waals surface area contributed by atoms with E-state index in [1.165, 1.54) is 6.07 Å². The Bertz CT molecular complexity index is 973. The molecule has 3 aromatic heterocycles. The minimum Gasteiger partial charge on any atom is -0.367 e. The first-order valence-corrected chi connectivity index (χ1v) is 10.5. The van der Waals surface area contributed by atoms with E-state index in [1.54, 1.807) is 34.8 Å². The molecular formula is C20H22N6OS.